The summed E-state index contributed by atoms with van der Waals surface area (Å²) >= 11 is 0. The molecule has 0 radical (unpaired) electrons. The van der Waals surface area contributed by atoms with Gasteiger partial charge in [-0.2, -0.15) is 5.10 Å². The van der Waals surface area contributed by atoms with Crippen molar-refractivity contribution in [2.45, 2.75) is 45.7 Å². The standard InChI is InChI=1S/C11H21N3/c1-4-9-14-11(7-8-13-14)6-5-10(2)12-3/h7-8,10,12H,4-6,9H2,1-3H3. The molecule has 14 heavy (non-hydrogen) atoms. The summed E-state index contributed by atoms with van der Waals surface area (Å²) in [5, 5.41) is 7.56. The topological polar surface area (TPSA) is 29.9 Å². The highest BCUT2D eigenvalue weighted by Gasteiger charge is 2.03. The van der Waals surface area contributed by atoms with Crippen molar-refractivity contribution >= 4 is 0 Å². The molecule has 1 N–H and O–H groups in total. The minimum Gasteiger partial charge on any atom is -0.317 e. The normalized spacial score (nSPS) is 13.1. The minimum absolute atomic E-state index is 0.583. The summed E-state index contributed by atoms with van der Waals surface area (Å²) < 4.78 is 2.11. The lowest BCUT2D eigenvalue weighted by molar-refractivity contribution is 0.526. The molecule has 1 aromatic heterocycles. The van der Waals surface area contributed by atoms with Crippen molar-refractivity contribution < 1.29 is 0 Å². The van der Waals surface area contributed by atoms with E-state index in [0.29, 0.717) is 6.04 Å². The van der Waals surface area contributed by atoms with E-state index >= 15 is 0 Å². The number of nitrogens with zero attached hydrogens (tertiary/aromatic N) is 2. The molecule has 0 saturated heterocycles. The van der Waals surface area contributed by atoms with Gasteiger partial charge in [0.25, 0.3) is 0 Å². The van der Waals surface area contributed by atoms with E-state index in [1.807, 2.05) is 13.2 Å². The van der Waals surface area contributed by atoms with Gasteiger partial charge in [0.15, 0.2) is 0 Å². The third kappa shape index (κ3) is 3.14. The number of nitrogens with one attached hydrogen (secondary N) is 1. The van der Waals surface area contributed by atoms with Crippen molar-refractivity contribution in [2.24, 2.45) is 0 Å². The van der Waals surface area contributed by atoms with Gasteiger partial charge in [-0.15, -0.1) is 0 Å². The Morgan fingerprint density at radius 3 is 3.00 bits per heavy atom. The quantitative estimate of drug-likeness (QED) is 0.750. The average Bonchev–Trinajstić information content (AvgIpc) is 2.62. The van der Waals surface area contributed by atoms with Gasteiger partial charge in [0.05, 0.1) is 0 Å². The Morgan fingerprint density at radius 2 is 2.36 bits per heavy atom. The Morgan fingerprint density at radius 1 is 1.57 bits per heavy atom. The Bertz CT molecular complexity index is 255. The van der Waals surface area contributed by atoms with Gasteiger partial charge < -0.3 is 5.32 Å². The molecule has 0 fully saturated rings. The lowest BCUT2D eigenvalue weighted by Gasteiger charge is -2.10. The summed E-state index contributed by atoms with van der Waals surface area (Å²) in [5.74, 6) is 0. The van der Waals surface area contributed by atoms with Crippen LogP contribution in [0.2, 0.25) is 0 Å². The summed E-state index contributed by atoms with van der Waals surface area (Å²) in [6.45, 7) is 5.43. The first-order valence-electron chi connectivity index (χ1n) is 5.45. The summed E-state index contributed by atoms with van der Waals surface area (Å²) in [6.07, 6.45) is 5.33. The lowest BCUT2D eigenvalue weighted by Crippen LogP contribution is -2.22. The van der Waals surface area contributed by atoms with Crippen LogP contribution in [0.1, 0.15) is 32.4 Å². The fourth-order valence-corrected chi connectivity index (χ4v) is 1.49. The zero-order valence-corrected chi connectivity index (χ0v) is 9.45. The molecule has 80 valence electrons. The van der Waals surface area contributed by atoms with Crippen LogP contribution < -0.4 is 5.32 Å². The van der Waals surface area contributed by atoms with E-state index in [9.17, 15) is 0 Å². The number of aromatic nitrogens is 2. The fourth-order valence-electron chi connectivity index (χ4n) is 1.49. The summed E-state index contributed by atoms with van der Waals surface area (Å²) in [5.41, 5.74) is 1.36. The molecule has 0 aliphatic carbocycles. The predicted molar refractivity (Wildman–Crippen MR) is 59.4 cm³/mol. The molecule has 1 aromatic rings. The largest absolute Gasteiger partial charge is 0.317 e. The van der Waals surface area contributed by atoms with Gasteiger partial charge >= 0.3 is 0 Å². The molecule has 0 aromatic carbocycles. The fraction of sp³-hybridized carbons (Fsp3) is 0.727. The molecular weight excluding hydrogens is 174 g/mol. The van der Waals surface area contributed by atoms with Crippen LogP contribution >= 0.6 is 0 Å². The van der Waals surface area contributed by atoms with Crippen molar-refractivity contribution in [3.8, 4) is 0 Å². The van der Waals surface area contributed by atoms with Gasteiger partial charge in [0.2, 0.25) is 0 Å². The number of hydrogen-bond acceptors (Lipinski definition) is 2. The molecule has 0 saturated carbocycles. The van der Waals surface area contributed by atoms with Gasteiger partial charge in [-0.1, -0.05) is 6.92 Å². The zero-order valence-electron chi connectivity index (χ0n) is 9.45. The molecule has 0 aliphatic heterocycles. The Balaban J connectivity index is 2.45. The van der Waals surface area contributed by atoms with E-state index in [1.165, 1.54) is 12.1 Å². The van der Waals surface area contributed by atoms with Crippen molar-refractivity contribution in [3.63, 3.8) is 0 Å². The third-order valence-corrected chi connectivity index (χ3v) is 2.57. The first-order valence-corrected chi connectivity index (χ1v) is 5.45. The van der Waals surface area contributed by atoms with E-state index in [2.05, 4.69) is 35.0 Å². The van der Waals surface area contributed by atoms with Crippen molar-refractivity contribution in [2.75, 3.05) is 7.05 Å². The maximum Gasteiger partial charge on any atom is 0.0492 e. The highest BCUT2D eigenvalue weighted by Crippen LogP contribution is 2.05. The van der Waals surface area contributed by atoms with Crippen LogP contribution in [-0.4, -0.2) is 22.9 Å². The first-order chi connectivity index (χ1) is 6.77. The second-order valence-electron chi connectivity index (χ2n) is 3.77. The van der Waals surface area contributed by atoms with Crippen molar-refractivity contribution in [1.29, 1.82) is 0 Å². The minimum atomic E-state index is 0.583. The highest BCUT2D eigenvalue weighted by molar-refractivity contribution is 5.00. The van der Waals surface area contributed by atoms with E-state index in [4.69, 9.17) is 0 Å². The number of aryl methyl sites for hydroxylation is 2. The second kappa shape index (κ2) is 5.81. The van der Waals surface area contributed by atoms with E-state index in [0.717, 1.165) is 19.4 Å². The van der Waals surface area contributed by atoms with Crippen LogP contribution in [0.4, 0.5) is 0 Å². The number of rotatable bonds is 6. The molecule has 1 atom stereocenters. The molecule has 0 amide bonds. The van der Waals surface area contributed by atoms with Crippen LogP contribution in [0.3, 0.4) is 0 Å². The molecule has 1 heterocycles. The Kier molecular flexibility index (Phi) is 4.66. The maximum absolute atomic E-state index is 4.31. The van der Waals surface area contributed by atoms with Crippen LogP contribution in [-0.2, 0) is 13.0 Å². The molecular formula is C11H21N3. The summed E-state index contributed by atoms with van der Waals surface area (Å²) in [4.78, 5) is 0. The molecule has 3 heteroatoms. The smallest absolute Gasteiger partial charge is 0.0492 e. The first kappa shape index (κ1) is 11.2. The Labute approximate surface area is 86.5 Å². The van der Waals surface area contributed by atoms with Crippen LogP contribution in [0.15, 0.2) is 12.3 Å². The van der Waals surface area contributed by atoms with E-state index in [-0.39, 0.29) is 0 Å². The van der Waals surface area contributed by atoms with Gasteiger partial charge in [0.1, 0.15) is 0 Å². The molecule has 0 spiro atoms. The molecule has 1 unspecified atom stereocenters. The lowest BCUT2D eigenvalue weighted by atomic mass is 10.1. The highest BCUT2D eigenvalue weighted by atomic mass is 15.3. The molecule has 0 bridgehead atoms. The maximum atomic E-state index is 4.31. The van der Waals surface area contributed by atoms with Gasteiger partial charge in [0, 0.05) is 24.5 Å². The predicted octanol–water partition coefficient (Wildman–Crippen LogP) is 1.83. The van der Waals surface area contributed by atoms with Crippen LogP contribution in [0, 0.1) is 0 Å². The molecule has 0 aliphatic rings. The summed E-state index contributed by atoms with van der Waals surface area (Å²) in [7, 11) is 2.01. The van der Waals surface area contributed by atoms with Crippen molar-refractivity contribution in [3.05, 3.63) is 18.0 Å². The van der Waals surface area contributed by atoms with E-state index in [1.54, 1.807) is 0 Å². The number of hydrogen-bond donors (Lipinski definition) is 1. The zero-order chi connectivity index (χ0) is 10.4. The Hall–Kier alpha value is -0.830. The van der Waals surface area contributed by atoms with Crippen LogP contribution in [0.25, 0.3) is 0 Å². The monoisotopic (exact) mass is 195 g/mol. The van der Waals surface area contributed by atoms with Gasteiger partial charge in [-0.25, -0.2) is 0 Å². The average molecular weight is 195 g/mol. The third-order valence-electron chi connectivity index (χ3n) is 2.57. The molecule has 3 nitrogen and oxygen atoms in total. The summed E-state index contributed by atoms with van der Waals surface area (Å²) in [6, 6.07) is 2.71. The van der Waals surface area contributed by atoms with Crippen LogP contribution in [0.5, 0.6) is 0 Å². The van der Waals surface area contributed by atoms with Crippen molar-refractivity contribution in [1.82, 2.24) is 15.1 Å². The van der Waals surface area contributed by atoms with Gasteiger partial charge in [-0.05, 0) is 39.3 Å². The van der Waals surface area contributed by atoms with E-state index < -0.39 is 0 Å². The molecule has 1 rings (SSSR count). The SMILES string of the molecule is CCCn1nccc1CCC(C)NC. The van der Waals surface area contributed by atoms with Gasteiger partial charge in [-0.3, -0.25) is 4.68 Å². The second-order valence-corrected chi connectivity index (χ2v) is 3.77.